The van der Waals surface area contributed by atoms with Crippen molar-refractivity contribution in [2.75, 3.05) is 6.61 Å². The number of carbonyl (C=O) groups is 3. The number of carbonyl (C=O) groups excluding carboxylic acids is 3. The number of aryl methyl sites for hydroxylation is 1. The largest absolute Gasteiger partial charge is 0.464 e. The van der Waals surface area contributed by atoms with Gasteiger partial charge in [0, 0.05) is 37.0 Å². The van der Waals surface area contributed by atoms with Crippen LogP contribution in [0.5, 0.6) is 0 Å². The predicted molar refractivity (Wildman–Crippen MR) is 138 cm³/mol. The number of esters is 1. The highest BCUT2D eigenvalue weighted by Crippen LogP contribution is 2.22. The summed E-state index contributed by atoms with van der Waals surface area (Å²) < 4.78 is 12.6. The predicted octanol–water partition coefficient (Wildman–Crippen LogP) is 3.90. The second-order valence-corrected chi connectivity index (χ2v) is 9.69. The topological polar surface area (TPSA) is 98.7 Å². The van der Waals surface area contributed by atoms with Crippen LogP contribution >= 0.6 is 0 Å². The fourth-order valence-corrected chi connectivity index (χ4v) is 4.03. The molecule has 36 heavy (non-hydrogen) atoms. The zero-order valence-corrected chi connectivity index (χ0v) is 21.5. The lowest BCUT2D eigenvalue weighted by Crippen LogP contribution is -2.54. The maximum atomic E-state index is 13.4. The number of aromatic nitrogens is 1. The number of amides is 2. The zero-order chi connectivity index (χ0) is 26.3. The molecule has 0 saturated carbocycles. The molecule has 2 N–H and O–H groups in total. The number of ether oxygens (including phenoxy) is 2. The third-order valence-corrected chi connectivity index (χ3v) is 5.58. The van der Waals surface area contributed by atoms with E-state index in [2.05, 4.69) is 10.6 Å². The van der Waals surface area contributed by atoms with Crippen LogP contribution in [-0.2, 0) is 39.0 Å². The number of nitrogens with zero attached hydrogens (tertiary/aromatic N) is 1. The highest BCUT2D eigenvalue weighted by atomic mass is 16.6. The molecule has 0 spiro atoms. The van der Waals surface area contributed by atoms with Crippen LogP contribution in [0.4, 0.5) is 4.79 Å². The van der Waals surface area contributed by atoms with Gasteiger partial charge >= 0.3 is 12.1 Å². The van der Waals surface area contributed by atoms with Crippen molar-refractivity contribution in [1.29, 1.82) is 0 Å². The Kier molecular flexibility index (Phi) is 8.74. The smallest absolute Gasteiger partial charge is 0.408 e. The van der Waals surface area contributed by atoms with Crippen LogP contribution in [0.15, 0.2) is 60.8 Å². The van der Waals surface area contributed by atoms with Crippen molar-refractivity contribution in [2.24, 2.45) is 7.05 Å². The van der Waals surface area contributed by atoms with Crippen LogP contribution < -0.4 is 10.6 Å². The molecule has 3 rings (SSSR count). The summed E-state index contributed by atoms with van der Waals surface area (Å²) in [7, 11) is 1.93. The Balaban J connectivity index is 1.84. The number of alkyl carbamates (subject to hydrolysis) is 1. The Morgan fingerprint density at radius 3 is 2.25 bits per heavy atom. The van der Waals surface area contributed by atoms with Gasteiger partial charge in [0.2, 0.25) is 5.91 Å². The van der Waals surface area contributed by atoms with Gasteiger partial charge in [0.15, 0.2) is 0 Å². The van der Waals surface area contributed by atoms with Gasteiger partial charge in [0.05, 0.1) is 6.61 Å². The molecule has 0 aliphatic heterocycles. The second-order valence-electron chi connectivity index (χ2n) is 9.69. The van der Waals surface area contributed by atoms with Gasteiger partial charge in [-0.3, -0.25) is 4.79 Å². The minimum atomic E-state index is -0.952. The van der Waals surface area contributed by atoms with Gasteiger partial charge in [-0.25, -0.2) is 9.59 Å². The molecule has 0 fully saturated rings. The molecule has 0 bridgehead atoms. The van der Waals surface area contributed by atoms with Crippen LogP contribution in [0.2, 0.25) is 0 Å². The first-order valence-corrected chi connectivity index (χ1v) is 12.1. The maximum Gasteiger partial charge on any atom is 0.408 e. The van der Waals surface area contributed by atoms with Gasteiger partial charge in [-0.15, -0.1) is 0 Å². The molecule has 0 unspecified atom stereocenters. The Labute approximate surface area is 212 Å². The van der Waals surface area contributed by atoms with Crippen LogP contribution in [0.25, 0.3) is 10.9 Å². The van der Waals surface area contributed by atoms with E-state index in [0.29, 0.717) is 0 Å². The molecule has 2 aromatic carbocycles. The summed E-state index contributed by atoms with van der Waals surface area (Å²) in [5, 5.41) is 6.48. The summed E-state index contributed by atoms with van der Waals surface area (Å²) in [5.41, 5.74) is 2.07. The number of hydrogen-bond acceptors (Lipinski definition) is 5. The summed E-state index contributed by atoms with van der Waals surface area (Å²) >= 11 is 0. The Morgan fingerprint density at radius 2 is 1.58 bits per heavy atom. The fourth-order valence-electron chi connectivity index (χ4n) is 4.03. The lowest BCUT2D eigenvalue weighted by Gasteiger charge is -2.25. The summed E-state index contributed by atoms with van der Waals surface area (Å²) in [6.07, 6.45) is 1.72. The molecule has 2 atom stereocenters. The Hall–Kier alpha value is -3.81. The van der Waals surface area contributed by atoms with Crippen LogP contribution in [0.1, 0.15) is 38.8 Å². The van der Waals surface area contributed by atoms with Gasteiger partial charge in [-0.05, 0) is 44.9 Å². The van der Waals surface area contributed by atoms with Crippen LogP contribution in [0, 0.1) is 0 Å². The minimum Gasteiger partial charge on any atom is -0.464 e. The van der Waals surface area contributed by atoms with Gasteiger partial charge in [0.1, 0.15) is 17.7 Å². The average molecular weight is 494 g/mol. The Morgan fingerprint density at radius 1 is 0.917 bits per heavy atom. The lowest BCUT2D eigenvalue weighted by molar-refractivity contribution is -0.147. The monoisotopic (exact) mass is 493 g/mol. The normalized spacial score (nSPS) is 13.0. The number of hydrogen-bond donors (Lipinski definition) is 2. The third kappa shape index (κ3) is 7.34. The average Bonchev–Trinajstić information content (AvgIpc) is 3.13. The van der Waals surface area contributed by atoms with Gasteiger partial charge in [0.25, 0.3) is 0 Å². The number of rotatable bonds is 9. The van der Waals surface area contributed by atoms with E-state index < -0.39 is 35.7 Å². The van der Waals surface area contributed by atoms with Crippen molar-refractivity contribution < 1.29 is 23.9 Å². The number of nitrogens with one attached hydrogen (secondary N) is 2. The molecule has 1 heterocycles. The van der Waals surface area contributed by atoms with Crippen molar-refractivity contribution in [3.8, 4) is 0 Å². The van der Waals surface area contributed by atoms with E-state index >= 15 is 0 Å². The molecule has 0 aliphatic rings. The van der Waals surface area contributed by atoms with E-state index in [4.69, 9.17) is 9.47 Å². The molecule has 0 radical (unpaired) electrons. The Bertz CT molecular complexity index is 1200. The minimum absolute atomic E-state index is 0.185. The van der Waals surface area contributed by atoms with Crippen molar-refractivity contribution >= 4 is 28.9 Å². The molecular formula is C28H35N3O5. The summed E-state index contributed by atoms with van der Waals surface area (Å²) in [4.78, 5) is 38.8. The summed E-state index contributed by atoms with van der Waals surface area (Å²) in [6.45, 7) is 7.15. The maximum absolute atomic E-state index is 13.4. The molecule has 2 amide bonds. The number of benzene rings is 2. The molecule has 192 valence electrons. The quantitative estimate of drug-likeness (QED) is 0.441. The molecule has 0 saturated heterocycles. The van der Waals surface area contributed by atoms with E-state index in [-0.39, 0.29) is 19.4 Å². The number of para-hydroxylation sites is 1. The molecule has 3 aromatic rings. The zero-order valence-electron chi connectivity index (χ0n) is 21.5. The standard InChI is InChI=1S/C28H35N3O5/c1-6-35-26(33)23(17-20-18-31(5)24-15-11-10-14-21(20)24)29-25(32)22(16-19-12-8-7-9-13-19)30-27(34)36-28(2,3)4/h7-15,18,22-23H,6,16-17H2,1-5H3,(H,29,32)(H,30,34)/t22-,23+/m0/s1. The first kappa shape index (κ1) is 26.8. The summed E-state index contributed by atoms with van der Waals surface area (Å²) in [6, 6.07) is 15.3. The van der Waals surface area contributed by atoms with E-state index in [9.17, 15) is 14.4 Å². The summed E-state index contributed by atoms with van der Waals surface area (Å²) in [5.74, 6) is -1.03. The fraction of sp³-hybridized carbons (Fsp3) is 0.393. The van der Waals surface area contributed by atoms with Crippen molar-refractivity contribution in [1.82, 2.24) is 15.2 Å². The van der Waals surface area contributed by atoms with Crippen LogP contribution in [0.3, 0.4) is 0 Å². The molecule has 8 nitrogen and oxygen atoms in total. The highest BCUT2D eigenvalue weighted by Gasteiger charge is 2.30. The van der Waals surface area contributed by atoms with Gasteiger partial charge < -0.3 is 24.7 Å². The highest BCUT2D eigenvalue weighted by molar-refractivity contribution is 5.91. The first-order chi connectivity index (χ1) is 17.1. The third-order valence-electron chi connectivity index (χ3n) is 5.58. The van der Waals surface area contributed by atoms with E-state index in [1.807, 2.05) is 72.4 Å². The SMILES string of the molecule is CCOC(=O)[C@@H](Cc1cn(C)c2ccccc12)NC(=O)[C@H](Cc1ccccc1)NC(=O)OC(C)(C)C. The first-order valence-electron chi connectivity index (χ1n) is 12.1. The van der Waals surface area contributed by atoms with E-state index in [1.54, 1.807) is 27.7 Å². The van der Waals surface area contributed by atoms with Gasteiger partial charge in [-0.1, -0.05) is 48.5 Å². The van der Waals surface area contributed by atoms with Crippen LogP contribution in [-0.4, -0.2) is 46.8 Å². The van der Waals surface area contributed by atoms with E-state index in [0.717, 1.165) is 22.0 Å². The van der Waals surface area contributed by atoms with Crippen molar-refractivity contribution in [2.45, 2.75) is 58.2 Å². The molecular weight excluding hydrogens is 458 g/mol. The molecule has 8 heteroatoms. The van der Waals surface area contributed by atoms with Crippen molar-refractivity contribution in [3.63, 3.8) is 0 Å². The van der Waals surface area contributed by atoms with E-state index in [1.165, 1.54) is 0 Å². The molecule has 1 aromatic heterocycles. The van der Waals surface area contributed by atoms with Gasteiger partial charge in [-0.2, -0.15) is 0 Å². The van der Waals surface area contributed by atoms with Crippen molar-refractivity contribution in [3.05, 3.63) is 71.9 Å². The lowest BCUT2D eigenvalue weighted by atomic mass is 10.0. The second kappa shape index (κ2) is 11.7. The molecule has 0 aliphatic carbocycles. The number of fused-ring (bicyclic) bond motifs is 1.